The van der Waals surface area contributed by atoms with Gasteiger partial charge in [0.1, 0.15) is 17.8 Å². The molecule has 3 aliphatic heterocycles. The van der Waals surface area contributed by atoms with E-state index >= 15 is 0 Å². The molecule has 0 radical (unpaired) electrons. The Kier molecular flexibility index (Phi) is 5.86. The van der Waals surface area contributed by atoms with Crippen LogP contribution in [0.15, 0.2) is 30.3 Å². The monoisotopic (exact) mass is 398 g/mol. The third-order valence-electron chi connectivity index (χ3n) is 5.32. The minimum atomic E-state index is -1.07. The molecule has 4 rings (SSSR count). The number of benzene rings is 1. The highest BCUT2D eigenvalue weighted by atomic mass is 32.2. The molecular weight excluding hydrogens is 372 g/mol. The van der Waals surface area contributed by atoms with E-state index in [0.29, 0.717) is 6.61 Å². The van der Waals surface area contributed by atoms with Crippen LogP contribution in [0.1, 0.15) is 25.2 Å². The molecule has 0 bridgehead atoms. The zero-order valence-corrected chi connectivity index (χ0v) is 16.7. The summed E-state index contributed by atoms with van der Waals surface area (Å²) in [6.45, 7) is 2.24. The smallest absolute Gasteiger partial charge is 0.184 e. The van der Waals surface area contributed by atoms with E-state index < -0.39 is 24.3 Å². The number of rotatable bonds is 3. The lowest BCUT2D eigenvalue weighted by Crippen LogP contribution is -2.67. The first kappa shape index (κ1) is 19.1. The quantitative estimate of drug-likeness (QED) is 0.840. The summed E-state index contributed by atoms with van der Waals surface area (Å²) in [6.07, 6.45) is -0.550. The number of hydrogen-bond donors (Lipinski definition) is 1. The summed E-state index contributed by atoms with van der Waals surface area (Å²) >= 11 is 3.77. The number of methoxy groups -OCH3 is 1. The second-order valence-electron chi connectivity index (χ2n) is 7.13. The number of hydrogen-bond acceptors (Lipinski definition) is 7. The summed E-state index contributed by atoms with van der Waals surface area (Å²) < 4.78 is 24.1. The van der Waals surface area contributed by atoms with Gasteiger partial charge >= 0.3 is 0 Å². The van der Waals surface area contributed by atoms with Crippen LogP contribution in [0, 0.1) is 5.92 Å². The van der Waals surface area contributed by atoms with Gasteiger partial charge in [0.15, 0.2) is 12.6 Å². The summed E-state index contributed by atoms with van der Waals surface area (Å²) in [5.41, 5.74) is -0.115. The molecule has 1 unspecified atom stereocenters. The average molecular weight is 399 g/mol. The predicted molar refractivity (Wildman–Crippen MR) is 103 cm³/mol. The number of ether oxygens (including phenoxy) is 4. The lowest BCUT2D eigenvalue weighted by atomic mass is 9.79. The molecule has 3 heterocycles. The fourth-order valence-corrected chi connectivity index (χ4v) is 7.43. The van der Waals surface area contributed by atoms with Gasteiger partial charge in [-0.2, -0.15) is 0 Å². The van der Waals surface area contributed by atoms with E-state index in [0.717, 1.165) is 17.1 Å². The third-order valence-corrected chi connectivity index (χ3v) is 8.43. The molecule has 0 amide bonds. The van der Waals surface area contributed by atoms with Gasteiger partial charge < -0.3 is 24.1 Å². The van der Waals surface area contributed by atoms with Crippen molar-refractivity contribution in [1.29, 1.82) is 0 Å². The molecular formula is C19H26O5S2. The Morgan fingerprint density at radius 3 is 2.58 bits per heavy atom. The maximum absolute atomic E-state index is 11.6. The summed E-state index contributed by atoms with van der Waals surface area (Å²) in [6, 6.07) is 9.84. The highest BCUT2D eigenvalue weighted by Gasteiger charge is 2.59. The molecule has 0 saturated carbocycles. The molecule has 7 heteroatoms. The molecule has 0 spiro atoms. The van der Waals surface area contributed by atoms with Crippen molar-refractivity contribution in [2.24, 2.45) is 5.92 Å². The molecule has 5 nitrogen and oxygen atoms in total. The molecule has 0 aliphatic carbocycles. The summed E-state index contributed by atoms with van der Waals surface area (Å²) in [7, 11) is 1.64. The van der Waals surface area contributed by atoms with Crippen LogP contribution in [-0.4, -0.2) is 59.0 Å². The molecule has 3 fully saturated rings. The van der Waals surface area contributed by atoms with Crippen molar-refractivity contribution in [3.63, 3.8) is 0 Å². The molecule has 1 N–H and O–H groups in total. The molecule has 1 aromatic carbocycles. The minimum absolute atomic E-state index is 0.168. The van der Waals surface area contributed by atoms with Crippen molar-refractivity contribution in [2.75, 3.05) is 25.2 Å². The van der Waals surface area contributed by atoms with Gasteiger partial charge in [0.2, 0.25) is 0 Å². The first-order valence-corrected chi connectivity index (χ1v) is 11.2. The number of fused-ring (bicyclic) bond motifs is 1. The number of aliphatic hydroxyl groups is 1. The largest absolute Gasteiger partial charge is 0.387 e. The van der Waals surface area contributed by atoms with Gasteiger partial charge in [0.05, 0.1) is 17.1 Å². The summed E-state index contributed by atoms with van der Waals surface area (Å²) in [5.74, 6) is 2.04. The van der Waals surface area contributed by atoms with E-state index in [4.69, 9.17) is 18.9 Å². The van der Waals surface area contributed by atoms with Crippen LogP contribution in [0.3, 0.4) is 0 Å². The SMILES string of the molecule is CO[C@H]1O[C@@H]2COC(c3ccccc3)O[C@H]2[C@@](C)(O)[C@@H]1C1SCCCS1. The third kappa shape index (κ3) is 3.55. The van der Waals surface area contributed by atoms with Crippen molar-refractivity contribution >= 4 is 23.5 Å². The van der Waals surface area contributed by atoms with E-state index in [1.165, 1.54) is 6.42 Å². The average Bonchev–Trinajstić information content (AvgIpc) is 2.68. The van der Waals surface area contributed by atoms with Crippen LogP contribution in [0.25, 0.3) is 0 Å². The maximum Gasteiger partial charge on any atom is 0.184 e. The van der Waals surface area contributed by atoms with Crippen molar-refractivity contribution in [3.05, 3.63) is 35.9 Å². The lowest BCUT2D eigenvalue weighted by Gasteiger charge is -2.54. The lowest BCUT2D eigenvalue weighted by molar-refractivity contribution is -0.370. The van der Waals surface area contributed by atoms with E-state index in [1.54, 1.807) is 7.11 Å². The normalized spacial score (nSPS) is 41.6. The Bertz CT molecular complexity index is 593. The van der Waals surface area contributed by atoms with Crippen LogP contribution < -0.4 is 0 Å². The Morgan fingerprint density at radius 1 is 1.15 bits per heavy atom. The Labute approximate surface area is 163 Å². The zero-order chi connectivity index (χ0) is 18.1. The molecule has 0 aromatic heterocycles. The van der Waals surface area contributed by atoms with Gasteiger partial charge in [0, 0.05) is 12.7 Å². The van der Waals surface area contributed by atoms with Crippen molar-refractivity contribution in [2.45, 2.75) is 48.3 Å². The summed E-state index contributed by atoms with van der Waals surface area (Å²) in [5, 5.41) is 11.6. The first-order valence-electron chi connectivity index (χ1n) is 9.07. The van der Waals surface area contributed by atoms with Gasteiger partial charge in [-0.25, -0.2) is 0 Å². The van der Waals surface area contributed by atoms with Gasteiger partial charge in [-0.15, -0.1) is 23.5 Å². The van der Waals surface area contributed by atoms with E-state index in [9.17, 15) is 5.11 Å². The first-order chi connectivity index (χ1) is 12.6. The fourth-order valence-electron chi connectivity index (χ4n) is 3.98. The van der Waals surface area contributed by atoms with E-state index in [2.05, 4.69) is 0 Å². The minimum Gasteiger partial charge on any atom is -0.387 e. The zero-order valence-electron chi connectivity index (χ0n) is 15.1. The molecule has 26 heavy (non-hydrogen) atoms. The second kappa shape index (κ2) is 7.99. The van der Waals surface area contributed by atoms with E-state index in [-0.39, 0.29) is 16.6 Å². The van der Waals surface area contributed by atoms with Crippen molar-refractivity contribution < 1.29 is 24.1 Å². The fraction of sp³-hybridized carbons (Fsp3) is 0.684. The summed E-state index contributed by atoms with van der Waals surface area (Å²) in [4.78, 5) is 0. The van der Waals surface area contributed by atoms with Crippen molar-refractivity contribution in [3.8, 4) is 0 Å². The highest BCUT2D eigenvalue weighted by Crippen LogP contribution is 2.49. The molecule has 3 saturated heterocycles. The molecule has 6 atom stereocenters. The topological polar surface area (TPSA) is 57.2 Å². The van der Waals surface area contributed by atoms with Gasteiger partial charge in [-0.1, -0.05) is 30.3 Å². The van der Waals surface area contributed by atoms with Gasteiger partial charge in [-0.3, -0.25) is 0 Å². The second-order valence-corrected chi connectivity index (χ2v) is 9.92. The van der Waals surface area contributed by atoms with Gasteiger partial charge in [0.25, 0.3) is 0 Å². The molecule has 3 aliphatic rings. The maximum atomic E-state index is 11.6. The van der Waals surface area contributed by atoms with Gasteiger partial charge in [-0.05, 0) is 24.9 Å². The van der Waals surface area contributed by atoms with Crippen LogP contribution >= 0.6 is 23.5 Å². The number of thioether (sulfide) groups is 2. The van der Waals surface area contributed by atoms with Crippen LogP contribution in [0.5, 0.6) is 0 Å². The highest BCUT2D eigenvalue weighted by molar-refractivity contribution is 8.17. The van der Waals surface area contributed by atoms with Crippen LogP contribution in [-0.2, 0) is 18.9 Å². The van der Waals surface area contributed by atoms with Crippen LogP contribution in [0.4, 0.5) is 0 Å². The Balaban J connectivity index is 1.58. The van der Waals surface area contributed by atoms with Crippen LogP contribution in [0.2, 0.25) is 0 Å². The molecule has 144 valence electrons. The Hall–Kier alpha value is -0.280. The molecule has 1 aromatic rings. The Morgan fingerprint density at radius 2 is 1.88 bits per heavy atom. The predicted octanol–water partition coefficient (Wildman–Crippen LogP) is 3.04. The standard InChI is InChI=1S/C19H26O5S2/c1-19(20)14(18-25-9-6-10-26-18)17(21-2)23-13-11-22-16(24-15(13)19)12-7-4-3-5-8-12/h3-5,7-8,13-18,20H,6,9-11H2,1-2H3/t13-,14+,15-,16?,17+,19+/m1/s1. The van der Waals surface area contributed by atoms with Crippen molar-refractivity contribution in [1.82, 2.24) is 0 Å². The van der Waals surface area contributed by atoms with E-state index in [1.807, 2.05) is 60.8 Å².